The molecule has 1 atom stereocenters. The number of hydrogen-bond donors (Lipinski definition) is 1. The third-order valence-corrected chi connectivity index (χ3v) is 6.87. The van der Waals surface area contributed by atoms with Crippen molar-refractivity contribution in [2.75, 3.05) is 33.3 Å². The van der Waals surface area contributed by atoms with Gasteiger partial charge in [0.25, 0.3) is 11.8 Å². The monoisotopic (exact) mass is 617 g/mol. The van der Waals surface area contributed by atoms with Gasteiger partial charge in [0, 0.05) is 17.3 Å². The van der Waals surface area contributed by atoms with E-state index in [9.17, 15) is 14.4 Å². The summed E-state index contributed by atoms with van der Waals surface area (Å²) in [5, 5.41) is 3.03. The van der Waals surface area contributed by atoms with E-state index in [0.717, 1.165) is 11.8 Å². The van der Waals surface area contributed by atoms with E-state index in [1.807, 2.05) is 0 Å². The Balaban J connectivity index is 0.00000420. The standard InChI is InChI=1S/C27H27N3O7S.BrH/c1-6-37-26(33)22-15(2)28-27-30(23(22)18-8-7-9-19(35-4)24(18)36-5)21(31)14-20(38-27)25(32)29-16-10-12-17(34-3)13-11-16;/h7-14,23H,6H2,1-5H3,(H,29,32);1H. The molecule has 39 heavy (non-hydrogen) atoms. The van der Waals surface area contributed by atoms with Crippen molar-refractivity contribution in [3.8, 4) is 17.2 Å². The third-order valence-electron chi connectivity index (χ3n) is 5.88. The highest BCUT2D eigenvalue weighted by atomic mass is 79.9. The number of para-hydroxylation sites is 1. The fourth-order valence-electron chi connectivity index (χ4n) is 4.17. The number of fused-ring (bicyclic) bond motifs is 1. The van der Waals surface area contributed by atoms with E-state index in [1.54, 1.807) is 63.4 Å². The van der Waals surface area contributed by atoms with Gasteiger partial charge in [0.05, 0.1) is 44.1 Å². The minimum Gasteiger partial charge on any atom is -0.497 e. The number of hydrogen-bond acceptors (Lipinski definition) is 9. The lowest BCUT2D eigenvalue weighted by Crippen LogP contribution is -2.45. The number of esters is 1. The molecule has 1 unspecified atom stereocenters. The average Bonchev–Trinajstić information content (AvgIpc) is 2.92. The van der Waals surface area contributed by atoms with Gasteiger partial charge < -0.3 is 24.3 Å². The van der Waals surface area contributed by atoms with Gasteiger partial charge in [0.1, 0.15) is 11.8 Å². The molecule has 2 aliphatic heterocycles. The summed E-state index contributed by atoms with van der Waals surface area (Å²) in [5.74, 6) is -0.152. The summed E-state index contributed by atoms with van der Waals surface area (Å²) in [5.41, 5.74) is 1.60. The van der Waals surface area contributed by atoms with Crippen LogP contribution in [0.4, 0.5) is 5.69 Å². The molecule has 0 aliphatic carbocycles. The number of halogens is 1. The quantitative estimate of drug-likeness (QED) is 0.426. The predicted molar refractivity (Wildman–Crippen MR) is 154 cm³/mol. The van der Waals surface area contributed by atoms with Crippen LogP contribution in [0.5, 0.6) is 17.2 Å². The molecule has 206 valence electrons. The molecule has 0 saturated carbocycles. The van der Waals surface area contributed by atoms with Crippen molar-refractivity contribution < 1.29 is 33.3 Å². The van der Waals surface area contributed by atoms with Crippen molar-refractivity contribution in [3.63, 3.8) is 0 Å². The number of allylic oxidation sites excluding steroid dienone is 1. The first-order valence-corrected chi connectivity index (χ1v) is 12.5. The number of carbonyl (C=O) groups excluding carboxylic acids is 3. The number of nitrogens with one attached hydrogen (secondary N) is 1. The Bertz CT molecular complexity index is 1370. The molecule has 4 rings (SSSR count). The first kappa shape index (κ1) is 29.8. The zero-order valence-corrected chi connectivity index (χ0v) is 24.5. The fourth-order valence-corrected chi connectivity index (χ4v) is 5.14. The first-order chi connectivity index (χ1) is 18.3. The Morgan fingerprint density at radius 1 is 1.05 bits per heavy atom. The van der Waals surface area contributed by atoms with Crippen LogP contribution in [0, 0.1) is 0 Å². The number of amidine groups is 1. The van der Waals surface area contributed by atoms with Gasteiger partial charge in [0.2, 0.25) is 0 Å². The number of benzene rings is 2. The number of amides is 2. The maximum atomic E-state index is 13.6. The second-order valence-electron chi connectivity index (χ2n) is 8.10. The summed E-state index contributed by atoms with van der Waals surface area (Å²) in [6.07, 6.45) is 1.23. The molecule has 0 radical (unpaired) electrons. The highest BCUT2D eigenvalue weighted by Crippen LogP contribution is 2.46. The molecule has 1 N–H and O–H groups in total. The molecule has 2 aromatic carbocycles. The van der Waals surface area contributed by atoms with Crippen LogP contribution >= 0.6 is 28.7 Å². The normalized spacial score (nSPS) is 16.3. The van der Waals surface area contributed by atoms with Gasteiger partial charge in [-0.05, 0) is 55.9 Å². The maximum absolute atomic E-state index is 13.6. The molecule has 0 saturated heterocycles. The number of carbonyl (C=O) groups is 3. The van der Waals surface area contributed by atoms with Crippen molar-refractivity contribution in [3.05, 3.63) is 70.3 Å². The number of nitrogens with zero attached hydrogens (tertiary/aromatic N) is 2. The van der Waals surface area contributed by atoms with Crippen LogP contribution in [0.15, 0.2) is 69.7 Å². The molecule has 0 bridgehead atoms. The van der Waals surface area contributed by atoms with E-state index < -0.39 is 23.8 Å². The molecular weight excluding hydrogens is 590 g/mol. The second-order valence-corrected chi connectivity index (χ2v) is 9.11. The minimum atomic E-state index is -0.922. The zero-order valence-electron chi connectivity index (χ0n) is 22.0. The van der Waals surface area contributed by atoms with Crippen LogP contribution in [0.3, 0.4) is 0 Å². The number of methoxy groups -OCH3 is 3. The van der Waals surface area contributed by atoms with Gasteiger partial charge in [-0.2, -0.15) is 0 Å². The van der Waals surface area contributed by atoms with Crippen LogP contribution in [-0.2, 0) is 19.1 Å². The molecule has 0 fully saturated rings. The van der Waals surface area contributed by atoms with Crippen LogP contribution in [-0.4, -0.2) is 55.8 Å². The van der Waals surface area contributed by atoms with Crippen LogP contribution < -0.4 is 19.5 Å². The highest BCUT2D eigenvalue weighted by molar-refractivity contribution is 8.93. The second kappa shape index (κ2) is 12.9. The summed E-state index contributed by atoms with van der Waals surface area (Å²) in [6.45, 7) is 3.51. The summed E-state index contributed by atoms with van der Waals surface area (Å²) in [7, 11) is 4.53. The van der Waals surface area contributed by atoms with Crippen LogP contribution in [0.1, 0.15) is 25.5 Å². The van der Waals surface area contributed by atoms with Crippen molar-refractivity contribution in [2.45, 2.75) is 19.9 Å². The van der Waals surface area contributed by atoms with Crippen LogP contribution in [0.2, 0.25) is 0 Å². The average molecular weight is 619 g/mol. The Morgan fingerprint density at radius 3 is 2.38 bits per heavy atom. The van der Waals surface area contributed by atoms with Gasteiger partial charge in [-0.3, -0.25) is 14.5 Å². The Labute approximate surface area is 240 Å². The van der Waals surface area contributed by atoms with E-state index in [4.69, 9.17) is 18.9 Å². The summed E-state index contributed by atoms with van der Waals surface area (Å²) >= 11 is 1.03. The van der Waals surface area contributed by atoms with Gasteiger partial charge >= 0.3 is 5.97 Å². The molecule has 2 heterocycles. The van der Waals surface area contributed by atoms with E-state index in [1.165, 1.54) is 25.2 Å². The molecule has 2 amide bonds. The molecule has 0 aromatic heterocycles. The number of thioether (sulfide) groups is 1. The SMILES string of the molecule is Br.CCOC(=O)C1=C(C)N=C2SC(C(=O)Nc3ccc(OC)cc3)=CC(=O)N2C1c1cccc(OC)c1OC. The fraction of sp³-hybridized carbons (Fsp3) is 0.259. The number of rotatable bonds is 8. The van der Waals surface area contributed by atoms with E-state index in [2.05, 4.69) is 10.3 Å². The summed E-state index contributed by atoms with van der Waals surface area (Å²) < 4.78 is 21.5. The van der Waals surface area contributed by atoms with Gasteiger partial charge in [-0.15, -0.1) is 17.0 Å². The zero-order chi connectivity index (χ0) is 27.4. The van der Waals surface area contributed by atoms with Gasteiger partial charge in [0.15, 0.2) is 16.7 Å². The largest absolute Gasteiger partial charge is 0.497 e. The lowest BCUT2D eigenvalue weighted by Gasteiger charge is -2.38. The lowest BCUT2D eigenvalue weighted by molar-refractivity contribution is -0.139. The van der Waals surface area contributed by atoms with Crippen LogP contribution in [0.25, 0.3) is 0 Å². The number of aliphatic imine (C=N–C) groups is 1. The number of anilines is 1. The highest BCUT2D eigenvalue weighted by Gasteiger charge is 2.44. The first-order valence-electron chi connectivity index (χ1n) is 11.7. The van der Waals surface area contributed by atoms with E-state index in [0.29, 0.717) is 34.2 Å². The topological polar surface area (TPSA) is 116 Å². The Hall–Kier alpha value is -3.77. The molecular formula is C27H28BrN3O7S. The van der Waals surface area contributed by atoms with Gasteiger partial charge in [-0.1, -0.05) is 12.1 Å². The smallest absolute Gasteiger partial charge is 0.338 e. The predicted octanol–water partition coefficient (Wildman–Crippen LogP) is 4.64. The summed E-state index contributed by atoms with van der Waals surface area (Å²) in [6, 6.07) is 11.1. The molecule has 0 spiro atoms. The van der Waals surface area contributed by atoms with Crippen molar-refractivity contribution in [1.29, 1.82) is 0 Å². The van der Waals surface area contributed by atoms with Crippen molar-refractivity contribution >= 4 is 57.4 Å². The molecule has 2 aromatic rings. The van der Waals surface area contributed by atoms with Gasteiger partial charge in [-0.25, -0.2) is 9.79 Å². The summed E-state index contributed by atoms with van der Waals surface area (Å²) in [4.78, 5) is 45.7. The minimum absolute atomic E-state index is 0. The molecule has 10 nitrogen and oxygen atoms in total. The van der Waals surface area contributed by atoms with Crippen molar-refractivity contribution in [2.24, 2.45) is 4.99 Å². The van der Waals surface area contributed by atoms with E-state index >= 15 is 0 Å². The van der Waals surface area contributed by atoms with Crippen molar-refractivity contribution in [1.82, 2.24) is 4.90 Å². The Kier molecular flexibility index (Phi) is 9.81. The lowest BCUT2D eigenvalue weighted by atomic mass is 9.93. The molecule has 12 heteroatoms. The molecule has 2 aliphatic rings. The maximum Gasteiger partial charge on any atom is 0.338 e. The Morgan fingerprint density at radius 2 is 1.77 bits per heavy atom. The number of ether oxygens (including phenoxy) is 4. The third kappa shape index (κ3) is 5.96. The van der Waals surface area contributed by atoms with E-state index in [-0.39, 0.29) is 39.2 Å².